The highest BCUT2D eigenvalue weighted by Gasteiger charge is 2.74. The van der Waals surface area contributed by atoms with E-state index in [1.807, 2.05) is 0 Å². The van der Waals surface area contributed by atoms with E-state index in [9.17, 15) is 48.3 Å². The predicted octanol–water partition coefficient (Wildman–Crippen LogP) is 8.30. The van der Waals surface area contributed by atoms with Crippen LogP contribution in [0.25, 0.3) is 0 Å². The maximum absolute atomic E-state index is 12.0. The normalized spacial score (nSPS) is 12.1. The van der Waals surface area contributed by atoms with Crippen molar-refractivity contribution in [2.45, 2.75) is 65.9 Å². The van der Waals surface area contributed by atoms with E-state index in [-0.39, 0.29) is 6.67 Å². The third-order valence-electron chi connectivity index (χ3n) is 2.36. The molecule has 0 heterocycles. The van der Waals surface area contributed by atoms with Crippen molar-refractivity contribution in [2.24, 2.45) is 5.92 Å². The van der Waals surface area contributed by atoms with Gasteiger partial charge in [-0.05, 0) is 26.7 Å². The van der Waals surface area contributed by atoms with E-state index in [0.717, 1.165) is 5.92 Å². The minimum atomic E-state index is -6.72. The van der Waals surface area contributed by atoms with Crippen LogP contribution in [0.15, 0.2) is 24.3 Å². The van der Waals surface area contributed by atoms with Gasteiger partial charge < -0.3 is 4.74 Å². The van der Waals surface area contributed by atoms with E-state index >= 15 is 0 Å². The van der Waals surface area contributed by atoms with Gasteiger partial charge in [0.15, 0.2) is 0 Å². The number of benzene rings is 1. The molecule has 0 radical (unpaired) electrons. The summed E-state index contributed by atoms with van der Waals surface area (Å²) in [6.45, 7) is 8.98. The van der Waals surface area contributed by atoms with Crippen LogP contribution in [0.3, 0.4) is 0 Å². The zero-order valence-corrected chi connectivity index (χ0v) is 17.9. The molecule has 1 rings (SSSR count). The van der Waals surface area contributed by atoms with Crippen molar-refractivity contribution in [1.82, 2.24) is 0 Å². The summed E-state index contributed by atoms with van der Waals surface area (Å²) in [5, 5.41) is 0. The number of hydrogen-bond acceptors (Lipinski definition) is 1. The molecule has 186 valence electrons. The van der Waals surface area contributed by atoms with E-state index in [2.05, 4.69) is 63.6 Å². The molecule has 0 bridgehead atoms. The molecule has 0 aromatic heterocycles. The van der Waals surface area contributed by atoms with Crippen molar-refractivity contribution in [2.75, 3.05) is 13.3 Å². The largest absolute Gasteiger partial charge is 0.462 e. The summed E-state index contributed by atoms with van der Waals surface area (Å²) in [4.78, 5) is 0. The first-order valence-corrected chi connectivity index (χ1v) is 8.76. The summed E-state index contributed by atoms with van der Waals surface area (Å²) in [5.41, 5.74) is 2.66. The third-order valence-corrected chi connectivity index (χ3v) is 2.36. The van der Waals surface area contributed by atoms with Gasteiger partial charge in [0.05, 0.1) is 6.67 Å². The van der Waals surface area contributed by atoms with E-state index in [1.54, 1.807) is 0 Å². The summed E-state index contributed by atoms with van der Waals surface area (Å²) in [5.74, 6) is -5.87. The number of hydrogen-bond donors (Lipinski definition) is 0. The molecule has 12 heteroatoms. The van der Waals surface area contributed by atoms with Gasteiger partial charge in [0.2, 0.25) is 0 Å². The van der Waals surface area contributed by atoms with Crippen LogP contribution < -0.4 is 0 Å². The summed E-state index contributed by atoms with van der Waals surface area (Å²) in [6, 6.07) is 8.48. The highest BCUT2D eigenvalue weighted by molar-refractivity contribution is 5.19. The minimum Gasteiger partial charge on any atom is -0.306 e. The van der Waals surface area contributed by atoms with Gasteiger partial charge in [0.1, 0.15) is 6.61 Å². The molecule has 0 atom stereocenters. The Morgan fingerprint density at radius 2 is 1.00 bits per heavy atom. The molecule has 0 aliphatic carbocycles. The van der Waals surface area contributed by atoms with Gasteiger partial charge in [-0.1, -0.05) is 56.2 Å². The van der Waals surface area contributed by atoms with Crippen LogP contribution in [0.2, 0.25) is 0 Å². The van der Waals surface area contributed by atoms with Gasteiger partial charge in [0.25, 0.3) is 0 Å². The molecule has 1 aromatic carbocycles. The molecule has 1 nitrogen and oxygen atoms in total. The zero-order chi connectivity index (χ0) is 25.7. The van der Waals surface area contributed by atoms with Crippen LogP contribution in [0.1, 0.15) is 38.8 Å². The second-order valence-corrected chi connectivity index (χ2v) is 6.65. The molecule has 1 aromatic rings. The summed E-state index contributed by atoms with van der Waals surface area (Å²) < 4.78 is 128. The Balaban J connectivity index is -0.000000429. The van der Waals surface area contributed by atoms with Gasteiger partial charge >= 0.3 is 24.4 Å². The highest BCUT2D eigenvalue weighted by atomic mass is 19.4. The Kier molecular flexibility index (Phi) is 15.9. The van der Waals surface area contributed by atoms with Crippen LogP contribution >= 0.6 is 0 Å². The number of aryl methyl sites for hydroxylation is 2. The van der Waals surface area contributed by atoms with Crippen LogP contribution in [-0.2, 0) is 4.74 Å². The van der Waals surface area contributed by atoms with E-state index in [1.165, 1.54) is 18.1 Å². The molecule has 0 amide bonds. The molecule has 0 N–H and O–H groups in total. The summed E-state index contributed by atoms with van der Waals surface area (Å²) in [6.07, 6.45) is -18.5. The summed E-state index contributed by atoms with van der Waals surface area (Å²) >= 11 is 0. The molecule has 0 unspecified atom stereocenters. The first-order valence-electron chi connectivity index (χ1n) is 8.76. The van der Waals surface area contributed by atoms with E-state index in [4.69, 9.17) is 0 Å². The van der Waals surface area contributed by atoms with E-state index in [0.29, 0.717) is 0 Å². The molecule has 0 aliphatic rings. The summed E-state index contributed by atoms with van der Waals surface area (Å²) in [7, 11) is 0. The van der Waals surface area contributed by atoms with Crippen molar-refractivity contribution in [3.8, 4) is 0 Å². The van der Waals surface area contributed by atoms with Crippen molar-refractivity contribution in [3.05, 3.63) is 35.4 Å². The van der Waals surface area contributed by atoms with E-state index < -0.39 is 31.0 Å². The van der Waals surface area contributed by atoms with Gasteiger partial charge in [-0.25, -0.2) is 0 Å². The first kappa shape index (κ1) is 34.0. The van der Waals surface area contributed by atoms with Gasteiger partial charge in [0, 0.05) is 0 Å². The lowest BCUT2D eigenvalue weighted by Gasteiger charge is -2.27. The number of rotatable bonds is 3. The monoisotopic (exact) mass is 480 g/mol. The molecule has 0 saturated carbocycles. The van der Waals surface area contributed by atoms with Gasteiger partial charge in [-0.2, -0.15) is 43.9 Å². The Morgan fingerprint density at radius 3 is 1.19 bits per heavy atom. The first-order chi connectivity index (χ1) is 13.6. The second kappa shape index (κ2) is 14.5. The SMILES string of the molecule is CC(C)C.CCF.Cc1ccc(C)cc1.FC(F)(F)COC(F)(F)C(F)(F)C(F)(F)F. The minimum absolute atomic E-state index is 0.250. The maximum atomic E-state index is 12.0. The third kappa shape index (κ3) is 17.8. The average molecular weight is 480 g/mol. The molecule has 31 heavy (non-hydrogen) atoms. The van der Waals surface area contributed by atoms with Crippen molar-refractivity contribution >= 4 is 0 Å². The Morgan fingerprint density at radius 1 is 0.742 bits per heavy atom. The molecule has 0 aliphatic heterocycles. The lowest BCUT2D eigenvalue weighted by molar-refractivity contribution is -0.432. The zero-order valence-electron chi connectivity index (χ0n) is 17.9. The van der Waals surface area contributed by atoms with Crippen LogP contribution in [0.5, 0.6) is 0 Å². The van der Waals surface area contributed by atoms with Crippen LogP contribution in [0.4, 0.5) is 48.3 Å². The lowest BCUT2D eigenvalue weighted by Crippen LogP contribution is -2.54. The molecule has 0 spiro atoms. The Labute approximate surface area is 174 Å². The van der Waals surface area contributed by atoms with Gasteiger partial charge in [-0.3, -0.25) is 4.39 Å². The lowest BCUT2D eigenvalue weighted by atomic mass is 10.2. The maximum Gasteiger partial charge on any atom is 0.462 e. The van der Waals surface area contributed by atoms with Crippen LogP contribution in [0, 0.1) is 19.8 Å². The number of ether oxygens (including phenoxy) is 1. The molecule has 0 saturated heterocycles. The van der Waals surface area contributed by atoms with Crippen molar-refractivity contribution in [3.63, 3.8) is 0 Å². The fourth-order valence-electron chi connectivity index (χ4n) is 1.07. The Bertz CT molecular complexity index is 538. The topological polar surface area (TPSA) is 9.23 Å². The smallest absolute Gasteiger partial charge is 0.306 e. The fraction of sp³-hybridized carbons (Fsp3) is 0.684. The van der Waals surface area contributed by atoms with Crippen molar-refractivity contribution in [1.29, 1.82) is 0 Å². The predicted molar refractivity (Wildman–Crippen MR) is 96.0 cm³/mol. The molecule has 0 fully saturated rings. The fourth-order valence-corrected chi connectivity index (χ4v) is 1.07. The second-order valence-electron chi connectivity index (χ2n) is 6.65. The number of alkyl halides is 11. The highest BCUT2D eigenvalue weighted by Crippen LogP contribution is 2.47. The average Bonchev–Trinajstić information content (AvgIpc) is 2.55. The van der Waals surface area contributed by atoms with Gasteiger partial charge in [-0.15, -0.1) is 0 Å². The van der Waals surface area contributed by atoms with Crippen molar-refractivity contribution < 1.29 is 53.0 Å². The molecular weight excluding hydrogens is 453 g/mol. The number of halogens is 11. The quantitative estimate of drug-likeness (QED) is 0.396. The standard InChI is InChI=1S/C8H10.C5H2F10O.C4H10.C2H5F/c1-7-3-5-8(2)6-4-7;6-2(7,8)1-16-5(14,15)3(9,10)4(11,12)13;1-4(2)3;1-2-3/h3-6H,1-2H3;1H2;4H,1-3H3;2H2,1H3. The molecular formula is C19H27F11O. The van der Waals surface area contributed by atoms with Crippen LogP contribution in [-0.4, -0.2) is 37.7 Å². The Hall–Kier alpha value is -1.59.